The third-order valence-corrected chi connectivity index (χ3v) is 6.12. The molecule has 2 heterocycles. The van der Waals surface area contributed by atoms with Crippen molar-refractivity contribution in [2.45, 2.75) is 13.0 Å². The Morgan fingerprint density at radius 3 is 2.72 bits per heavy atom. The summed E-state index contributed by atoms with van der Waals surface area (Å²) < 4.78 is 0.459. The van der Waals surface area contributed by atoms with Gasteiger partial charge in [0.15, 0.2) is 5.78 Å². The zero-order valence-corrected chi connectivity index (χ0v) is 15.7. The van der Waals surface area contributed by atoms with Crippen molar-refractivity contribution < 1.29 is 14.4 Å². The number of aliphatic imine (C=N–C) groups is 1. The summed E-state index contributed by atoms with van der Waals surface area (Å²) in [6.45, 7) is 1.98. The topological polar surface area (TPSA) is 75.6 Å². The Morgan fingerprint density at radius 2 is 2.08 bits per heavy atom. The number of nitrogens with one attached hydrogen (secondary N) is 1. The van der Waals surface area contributed by atoms with E-state index >= 15 is 0 Å². The highest BCUT2D eigenvalue weighted by atomic mass is 79.9. The SMILES string of the molecule is CCS1=CC(C(=O)NC([C]=O)c2ccccc2)=C2C(=O)C=C(Br)N=C21. The molecule has 127 valence electrons. The maximum absolute atomic E-state index is 12.7. The van der Waals surface area contributed by atoms with Crippen molar-refractivity contribution >= 4 is 54.8 Å². The van der Waals surface area contributed by atoms with Gasteiger partial charge in [-0.05, 0) is 32.6 Å². The van der Waals surface area contributed by atoms with Gasteiger partial charge < -0.3 is 5.32 Å². The van der Waals surface area contributed by atoms with Crippen molar-refractivity contribution in [3.63, 3.8) is 0 Å². The van der Waals surface area contributed by atoms with E-state index in [-0.39, 0.29) is 11.4 Å². The number of fused-ring (bicyclic) bond motifs is 1. The lowest BCUT2D eigenvalue weighted by molar-refractivity contribution is -0.118. The Labute approximate surface area is 156 Å². The summed E-state index contributed by atoms with van der Waals surface area (Å²) in [4.78, 5) is 40.8. The fourth-order valence-electron chi connectivity index (χ4n) is 2.59. The first-order chi connectivity index (χ1) is 12.0. The van der Waals surface area contributed by atoms with Crippen LogP contribution in [0.25, 0.3) is 0 Å². The van der Waals surface area contributed by atoms with E-state index in [0.717, 1.165) is 5.75 Å². The third kappa shape index (κ3) is 3.48. The van der Waals surface area contributed by atoms with Crippen LogP contribution in [-0.2, 0) is 14.4 Å². The number of hydrogen-bond acceptors (Lipinski definition) is 4. The number of nitrogens with zero attached hydrogens (tertiary/aromatic N) is 1. The minimum absolute atomic E-state index is 0.256. The molecule has 1 aromatic carbocycles. The average Bonchev–Trinajstić information content (AvgIpc) is 2.99. The molecule has 5 nitrogen and oxygen atoms in total. The first kappa shape index (κ1) is 17.7. The van der Waals surface area contributed by atoms with Crippen LogP contribution >= 0.6 is 26.4 Å². The van der Waals surface area contributed by atoms with E-state index < -0.39 is 22.4 Å². The van der Waals surface area contributed by atoms with Crippen LogP contribution in [0.3, 0.4) is 0 Å². The molecule has 0 spiro atoms. The molecule has 1 amide bonds. The van der Waals surface area contributed by atoms with Crippen molar-refractivity contribution in [1.82, 2.24) is 5.32 Å². The number of amides is 1. The van der Waals surface area contributed by atoms with E-state index in [0.29, 0.717) is 20.8 Å². The van der Waals surface area contributed by atoms with Gasteiger partial charge in [-0.25, -0.2) is 4.99 Å². The maximum atomic E-state index is 12.7. The molecule has 2 aliphatic rings. The van der Waals surface area contributed by atoms with Crippen molar-refractivity contribution in [3.05, 3.63) is 57.7 Å². The number of carbonyl (C=O) groups excluding carboxylic acids is 3. The first-order valence-corrected chi connectivity index (χ1v) is 9.83. The normalized spacial score (nSPS) is 20.2. The van der Waals surface area contributed by atoms with E-state index in [2.05, 4.69) is 26.2 Å². The van der Waals surface area contributed by atoms with E-state index in [9.17, 15) is 14.4 Å². The third-order valence-electron chi connectivity index (χ3n) is 3.78. The van der Waals surface area contributed by atoms with E-state index in [1.54, 1.807) is 29.6 Å². The second-order valence-electron chi connectivity index (χ2n) is 5.31. The van der Waals surface area contributed by atoms with Gasteiger partial charge in [-0.1, -0.05) is 37.3 Å². The van der Waals surface area contributed by atoms with Crippen LogP contribution in [0.1, 0.15) is 18.5 Å². The van der Waals surface area contributed by atoms with Crippen LogP contribution in [0.5, 0.6) is 0 Å². The molecule has 3 rings (SSSR count). The highest BCUT2D eigenvalue weighted by Crippen LogP contribution is 2.35. The van der Waals surface area contributed by atoms with Gasteiger partial charge in [-0.3, -0.25) is 14.4 Å². The van der Waals surface area contributed by atoms with Crippen LogP contribution < -0.4 is 5.32 Å². The van der Waals surface area contributed by atoms with Crippen LogP contribution in [0.15, 0.2) is 57.2 Å². The van der Waals surface area contributed by atoms with E-state index in [1.165, 1.54) is 6.08 Å². The second kappa shape index (κ2) is 7.41. The molecular formula is C18H14BrN2O3S. The van der Waals surface area contributed by atoms with Crippen molar-refractivity contribution in [1.29, 1.82) is 0 Å². The van der Waals surface area contributed by atoms with Crippen molar-refractivity contribution in [2.75, 3.05) is 5.75 Å². The predicted octanol–water partition coefficient (Wildman–Crippen LogP) is 2.57. The Bertz CT molecular complexity index is 885. The van der Waals surface area contributed by atoms with Crippen LogP contribution in [-0.4, -0.2) is 34.1 Å². The second-order valence-corrected chi connectivity index (χ2v) is 8.18. The van der Waals surface area contributed by atoms with Gasteiger partial charge in [0.05, 0.1) is 11.1 Å². The molecular weight excluding hydrogens is 404 g/mol. The molecule has 0 aliphatic carbocycles. The summed E-state index contributed by atoms with van der Waals surface area (Å²) in [5.74, 6) is 0.0189. The van der Waals surface area contributed by atoms with Gasteiger partial charge in [0.25, 0.3) is 5.91 Å². The zero-order chi connectivity index (χ0) is 18.0. The number of carbonyl (C=O) groups is 2. The standard InChI is InChI=1S/C18H14BrN2O3S/c1-2-25-10-12(16-14(23)8-15(19)21-18(16)25)17(24)20-13(9-22)11-6-4-3-5-7-11/h3-8,10,13H,2H2,1H3,(H,20,24). The van der Waals surface area contributed by atoms with Gasteiger partial charge in [-0.15, -0.1) is 10.5 Å². The maximum Gasteiger partial charge on any atom is 0.253 e. The molecule has 1 radical (unpaired) electrons. The van der Waals surface area contributed by atoms with Crippen LogP contribution in [0.4, 0.5) is 0 Å². The molecule has 2 unspecified atom stereocenters. The van der Waals surface area contributed by atoms with Crippen LogP contribution in [0.2, 0.25) is 0 Å². The van der Waals surface area contributed by atoms with Gasteiger partial charge >= 0.3 is 0 Å². The summed E-state index contributed by atoms with van der Waals surface area (Å²) >= 11 is 3.23. The number of hydrogen-bond donors (Lipinski definition) is 1. The monoisotopic (exact) mass is 417 g/mol. The molecule has 1 N–H and O–H groups in total. The average molecular weight is 418 g/mol. The lowest BCUT2D eigenvalue weighted by atomic mass is 10.0. The van der Waals surface area contributed by atoms with Gasteiger partial charge in [-0.2, -0.15) is 0 Å². The smallest absolute Gasteiger partial charge is 0.253 e. The summed E-state index contributed by atoms with van der Waals surface area (Å²) in [7, 11) is -0.404. The van der Waals surface area contributed by atoms with E-state index in [1.807, 2.05) is 19.3 Å². The van der Waals surface area contributed by atoms with Crippen molar-refractivity contribution in [3.8, 4) is 0 Å². The fraction of sp³-hybridized carbons (Fsp3) is 0.167. The van der Waals surface area contributed by atoms with Crippen molar-refractivity contribution in [2.24, 2.45) is 4.99 Å². The molecule has 2 atom stereocenters. The number of halogens is 1. The summed E-state index contributed by atoms with van der Waals surface area (Å²) in [5.41, 5.74) is 1.24. The minimum atomic E-state index is -0.888. The van der Waals surface area contributed by atoms with Gasteiger partial charge in [0.2, 0.25) is 6.29 Å². The Hall–Kier alpha value is -2.12. The zero-order valence-electron chi connectivity index (χ0n) is 13.3. The summed E-state index contributed by atoms with van der Waals surface area (Å²) in [6, 6.07) is 7.97. The van der Waals surface area contributed by atoms with E-state index in [4.69, 9.17) is 0 Å². The number of benzene rings is 1. The van der Waals surface area contributed by atoms with Gasteiger partial charge in [0, 0.05) is 6.08 Å². The predicted molar refractivity (Wildman–Crippen MR) is 104 cm³/mol. The molecule has 0 fully saturated rings. The highest BCUT2D eigenvalue weighted by molar-refractivity contribution is 9.11. The van der Waals surface area contributed by atoms with Crippen LogP contribution in [0, 0.1) is 0 Å². The fourth-order valence-corrected chi connectivity index (χ4v) is 4.84. The molecule has 25 heavy (non-hydrogen) atoms. The largest absolute Gasteiger partial charge is 0.338 e. The molecule has 0 saturated carbocycles. The minimum Gasteiger partial charge on any atom is -0.338 e. The molecule has 1 aromatic rings. The lowest BCUT2D eigenvalue weighted by Gasteiger charge is -2.14. The molecule has 0 saturated heterocycles. The first-order valence-electron chi connectivity index (χ1n) is 7.58. The Balaban J connectivity index is 1.94. The Kier molecular flexibility index (Phi) is 5.24. The summed E-state index contributed by atoms with van der Waals surface area (Å²) in [5, 5.41) is 5.04. The number of ketones is 1. The van der Waals surface area contributed by atoms with Gasteiger partial charge in [0.1, 0.15) is 15.7 Å². The molecule has 2 aliphatic heterocycles. The molecule has 0 aromatic heterocycles. The quantitative estimate of drug-likeness (QED) is 0.590. The Morgan fingerprint density at radius 1 is 1.36 bits per heavy atom. The summed E-state index contributed by atoms with van der Waals surface area (Å²) in [6.07, 6.45) is 3.19. The molecule has 7 heteroatoms. The lowest BCUT2D eigenvalue weighted by Crippen LogP contribution is -2.32. The highest BCUT2D eigenvalue weighted by Gasteiger charge is 2.33. The number of allylic oxidation sites excluding steroid dienone is 1. The molecule has 0 bridgehead atoms. The number of rotatable bonds is 5.